The van der Waals surface area contributed by atoms with Crippen molar-refractivity contribution in [2.75, 3.05) is 7.11 Å². The van der Waals surface area contributed by atoms with E-state index >= 15 is 0 Å². The van der Waals surface area contributed by atoms with E-state index < -0.39 is 23.2 Å². The predicted octanol–water partition coefficient (Wildman–Crippen LogP) is 4.62. The maximum Gasteiger partial charge on any atom is 0.429 e. The Morgan fingerprint density at radius 2 is 1.93 bits per heavy atom. The molecule has 0 aliphatic carbocycles. The Bertz CT molecular complexity index is 1120. The zero-order valence-corrected chi connectivity index (χ0v) is 16.7. The van der Waals surface area contributed by atoms with Gasteiger partial charge in [0.15, 0.2) is 5.82 Å². The van der Waals surface area contributed by atoms with Gasteiger partial charge in [0.25, 0.3) is 0 Å². The summed E-state index contributed by atoms with van der Waals surface area (Å²) in [4.78, 5) is 6.49. The van der Waals surface area contributed by atoms with Crippen LogP contribution in [0.1, 0.15) is 28.1 Å². The highest BCUT2D eigenvalue weighted by Crippen LogP contribution is 2.49. The summed E-state index contributed by atoms with van der Waals surface area (Å²) in [5, 5.41) is 20.0. The van der Waals surface area contributed by atoms with Crippen LogP contribution in [0, 0.1) is 25.2 Å². The summed E-state index contributed by atoms with van der Waals surface area (Å²) in [5.74, 6) is -0.821. The maximum atomic E-state index is 14.2. The van der Waals surface area contributed by atoms with Gasteiger partial charge in [0.2, 0.25) is 5.60 Å². The van der Waals surface area contributed by atoms with Gasteiger partial charge in [0, 0.05) is 10.0 Å². The van der Waals surface area contributed by atoms with Crippen LogP contribution in [-0.4, -0.2) is 28.4 Å². The molecule has 0 amide bonds. The number of halogens is 4. The van der Waals surface area contributed by atoms with Gasteiger partial charge in [-0.2, -0.15) is 18.4 Å². The zero-order chi connectivity index (χ0) is 20.9. The smallest absolute Gasteiger partial charge is 0.429 e. The summed E-state index contributed by atoms with van der Waals surface area (Å²) in [7, 11) is 1.24. The monoisotopic (exact) mass is 453 g/mol. The van der Waals surface area contributed by atoms with Crippen molar-refractivity contribution >= 4 is 27.0 Å². The third-order valence-corrected chi connectivity index (χ3v) is 5.81. The first-order valence-corrected chi connectivity index (χ1v) is 8.87. The highest BCUT2D eigenvalue weighted by molar-refractivity contribution is 9.10. The fourth-order valence-electron chi connectivity index (χ4n) is 3.18. The van der Waals surface area contributed by atoms with Crippen molar-refractivity contribution in [1.82, 2.24) is 9.97 Å². The first kappa shape index (κ1) is 20.2. The zero-order valence-electron chi connectivity index (χ0n) is 15.1. The average molecular weight is 454 g/mol. The number of benzene rings is 2. The fraction of sp³-hybridized carbons (Fsp3) is 0.263. The number of nitrogens with one attached hydrogen (secondary N) is 1. The molecule has 0 saturated heterocycles. The minimum absolute atomic E-state index is 0.115. The van der Waals surface area contributed by atoms with E-state index in [2.05, 4.69) is 25.9 Å². The second kappa shape index (κ2) is 6.79. The normalized spacial score (nSPS) is 14.0. The molecule has 0 aliphatic rings. The molecule has 1 aromatic heterocycles. The second-order valence-corrected chi connectivity index (χ2v) is 7.14. The van der Waals surface area contributed by atoms with E-state index in [1.807, 2.05) is 6.07 Å². The Morgan fingerprint density at radius 3 is 2.50 bits per heavy atom. The number of aryl methyl sites for hydroxylation is 1. The first-order valence-electron chi connectivity index (χ1n) is 8.08. The van der Waals surface area contributed by atoms with Crippen LogP contribution in [0.3, 0.4) is 0 Å². The molecule has 2 aromatic carbocycles. The van der Waals surface area contributed by atoms with Crippen LogP contribution in [0.15, 0.2) is 28.7 Å². The van der Waals surface area contributed by atoms with Crippen LogP contribution in [-0.2, 0) is 5.60 Å². The first-order chi connectivity index (χ1) is 13.0. The Kier molecular flexibility index (Phi) is 4.89. The molecule has 3 aromatic rings. The molecule has 1 atom stereocenters. The molecule has 1 unspecified atom stereocenters. The number of hydrogen-bond donors (Lipinski definition) is 2. The molecule has 0 aliphatic heterocycles. The SMILES string of the molecule is COc1cc(C)c(Br)c(C)c1C(O)(c1nc2ccc(C#N)cc2[nH]1)C(F)(F)F. The molecule has 9 heteroatoms. The number of aromatic amines is 1. The van der Waals surface area contributed by atoms with Gasteiger partial charge in [-0.15, -0.1) is 0 Å². The van der Waals surface area contributed by atoms with E-state index in [1.54, 1.807) is 6.92 Å². The predicted molar refractivity (Wildman–Crippen MR) is 100 cm³/mol. The molecule has 5 nitrogen and oxygen atoms in total. The van der Waals surface area contributed by atoms with Gasteiger partial charge in [-0.3, -0.25) is 0 Å². The number of nitriles is 1. The minimum atomic E-state index is -5.11. The third kappa shape index (κ3) is 2.93. The molecule has 0 bridgehead atoms. The second-order valence-electron chi connectivity index (χ2n) is 6.35. The number of methoxy groups -OCH3 is 1. The Hall–Kier alpha value is -2.57. The Labute approximate surface area is 166 Å². The number of alkyl halides is 3. The Morgan fingerprint density at radius 1 is 1.25 bits per heavy atom. The number of aromatic nitrogens is 2. The lowest BCUT2D eigenvalue weighted by Gasteiger charge is -2.32. The maximum absolute atomic E-state index is 14.2. The summed E-state index contributed by atoms with van der Waals surface area (Å²) in [6, 6.07) is 7.56. The van der Waals surface area contributed by atoms with Gasteiger partial charge >= 0.3 is 6.18 Å². The van der Waals surface area contributed by atoms with Crippen LogP contribution in [0.4, 0.5) is 13.2 Å². The lowest BCUT2D eigenvalue weighted by molar-refractivity contribution is -0.251. The van der Waals surface area contributed by atoms with Crippen LogP contribution in [0.25, 0.3) is 11.0 Å². The molecule has 1 heterocycles. The van der Waals surface area contributed by atoms with Crippen molar-refractivity contribution in [2.45, 2.75) is 25.6 Å². The molecular weight excluding hydrogens is 439 g/mol. The van der Waals surface area contributed by atoms with E-state index in [1.165, 1.54) is 38.3 Å². The lowest BCUT2D eigenvalue weighted by atomic mass is 9.86. The number of rotatable bonds is 3. The van der Waals surface area contributed by atoms with E-state index in [-0.39, 0.29) is 27.9 Å². The van der Waals surface area contributed by atoms with Gasteiger partial charge < -0.3 is 14.8 Å². The fourth-order valence-corrected chi connectivity index (χ4v) is 3.49. The standard InChI is InChI=1S/C19H15BrF3N3O2/c1-9-6-14(28-3)15(10(2)16(9)20)18(27,19(21,22)23)17-25-12-5-4-11(8-24)7-13(12)26-17/h4-7,27H,1-3H3,(H,25,26). The molecule has 0 fully saturated rings. The van der Waals surface area contributed by atoms with Crippen molar-refractivity contribution in [2.24, 2.45) is 0 Å². The molecule has 0 saturated carbocycles. The van der Waals surface area contributed by atoms with Crippen LogP contribution in [0.2, 0.25) is 0 Å². The quantitative estimate of drug-likeness (QED) is 0.605. The van der Waals surface area contributed by atoms with Crippen molar-refractivity contribution < 1.29 is 23.0 Å². The number of nitrogens with zero attached hydrogens (tertiary/aromatic N) is 2. The third-order valence-electron chi connectivity index (χ3n) is 4.59. The van der Waals surface area contributed by atoms with Gasteiger partial charge in [0.1, 0.15) is 5.75 Å². The average Bonchev–Trinajstić information content (AvgIpc) is 3.07. The largest absolute Gasteiger partial charge is 0.496 e. The number of aliphatic hydroxyl groups is 1. The number of fused-ring (bicyclic) bond motifs is 1. The summed E-state index contributed by atoms with van der Waals surface area (Å²) in [6.45, 7) is 3.17. The number of ether oxygens (including phenoxy) is 1. The summed E-state index contributed by atoms with van der Waals surface area (Å²) >= 11 is 3.28. The van der Waals surface area contributed by atoms with E-state index in [4.69, 9.17) is 10.00 Å². The molecule has 0 spiro atoms. The van der Waals surface area contributed by atoms with E-state index in [0.29, 0.717) is 10.0 Å². The molecule has 2 N–H and O–H groups in total. The summed E-state index contributed by atoms with van der Waals surface area (Å²) < 4.78 is 48.3. The minimum Gasteiger partial charge on any atom is -0.496 e. The van der Waals surface area contributed by atoms with Crippen LogP contribution >= 0.6 is 15.9 Å². The van der Waals surface area contributed by atoms with Crippen molar-refractivity contribution in [3.8, 4) is 11.8 Å². The van der Waals surface area contributed by atoms with Crippen molar-refractivity contribution in [3.05, 3.63) is 56.8 Å². The molecule has 146 valence electrons. The van der Waals surface area contributed by atoms with Gasteiger partial charge in [0.05, 0.1) is 29.8 Å². The molecule has 28 heavy (non-hydrogen) atoms. The number of H-pyrrole nitrogens is 1. The topological polar surface area (TPSA) is 81.9 Å². The van der Waals surface area contributed by atoms with E-state index in [0.717, 1.165) is 0 Å². The molecule has 0 radical (unpaired) electrons. The van der Waals surface area contributed by atoms with E-state index in [9.17, 15) is 18.3 Å². The van der Waals surface area contributed by atoms with Gasteiger partial charge in [-0.25, -0.2) is 4.98 Å². The summed E-state index contributed by atoms with van der Waals surface area (Å²) in [5.41, 5.74) is -2.42. The van der Waals surface area contributed by atoms with Crippen molar-refractivity contribution in [3.63, 3.8) is 0 Å². The van der Waals surface area contributed by atoms with Gasteiger partial charge in [-0.1, -0.05) is 15.9 Å². The number of hydrogen-bond acceptors (Lipinski definition) is 4. The highest BCUT2D eigenvalue weighted by atomic mass is 79.9. The van der Waals surface area contributed by atoms with Gasteiger partial charge in [-0.05, 0) is 49.2 Å². The summed E-state index contributed by atoms with van der Waals surface area (Å²) in [6.07, 6.45) is -5.11. The van der Waals surface area contributed by atoms with Crippen LogP contribution in [0.5, 0.6) is 5.75 Å². The highest BCUT2D eigenvalue weighted by Gasteiger charge is 2.60. The molecule has 3 rings (SSSR count). The number of imidazole rings is 1. The Balaban J connectivity index is 2.39. The van der Waals surface area contributed by atoms with Crippen molar-refractivity contribution in [1.29, 1.82) is 5.26 Å². The molecular formula is C19H15BrF3N3O2. The van der Waals surface area contributed by atoms with Crippen LogP contribution < -0.4 is 4.74 Å². The lowest BCUT2D eigenvalue weighted by Crippen LogP contribution is -2.45.